The molecule has 108 valence electrons. The molecule has 3 aromatic rings. The average Bonchev–Trinajstić information content (AvgIpc) is 2.95. The molecule has 2 aromatic carbocycles. The molecule has 0 unspecified atom stereocenters. The molecule has 0 radical (unpaired) electrons. The number of hydrogen-bond acceptors (Lipinski definition) is 2. The van der Waals surface area contributed by atoms with Gasteiger partial charge in [-0.1, -0.05) is 42.5 Å². The Kier molecular flexibility index (Phi) is 3.15. The van der Waals surface area contributed by atoms with Gasteiger partial charge in [-0.25, -0.2) is 0 Å². The van der Waals surface area contributed by atoms with Crippen molar-refractivity contribution in [1.82, 2.24) is 4.98 Å². The van der Waals surface area contributed by atoms with Crippen LogP contribution in [0.3, 0.4) is 0 Å². The standard InChI is InChI=1S/C20H18N2/c21-20-15(8-7-14-4-3-11-22-13-14)9-10-18-17-6-2-1-5-16(17)12-19(18)20/h1-6,9-11,13H,7-8,12,21H2. The quantitative estimate of drug-likeness (QED) is 0.578. The minimum Gasteiger partial charge on any atom is -0.398 e. The lowest BCUT2D eigenvalue weighted by Gasteiger charge is -2.11. The van der Waals surface area contributed by atoms with Gasteiger partial charge in [-0.15, -0.1) is 0 Å². The van der Waals surface area contributed by atoms with Crippen molar-refractivity contribution in [3.63, 3.8) is 0 Å². The van der Waals surface area contributed by atoms with Crippen LogP contribution in [-0.4, -0.2) is 4.98 Å². The largest absolute Gasteiger partial charge is 0.398 e. The molecule has 1 heterocycles. The van der Waals surface area contributed by atoms with Crippen LogP contribution in [-0.2, 0) is 19.3 Å². The van der Waals surface area contributed by atoms with Crippen LogP contribution in [0.1, 0.15) is 22.3 Å². The molecule has 0 fully saturated rings. The van der Waals surface area contributed by atoms with Crippen LogP contribution in [0.5, 0.6) is 0 Å². The van der Waals surface area contributed by atoms with Gasteiger partial charge in [0.15, 0.2) is 0 Å². The molecule has 0 saturated heterocycles. The number of fused-ring (bicyclic) bond motifs is 3. The van der Waals surface area contributed by atoms with E-state index in [1.807, 2.05) is 18.5 Å². The Labute approximate surface area is 130 Å². The molecule has 2 heteroatoms. The van der Waals surface area contributed by atoms with Gasteiger partial charge in [0, 0.05) is 24.5 Å². The molecule has 2 nitrogen and oxygen atoms in total. The molecular formula is C20H18N2. The Morgan fingerprint density at radius 2 is 1.82 bits per heavy atom. The minimum atomic E-state index is 0.956. The van der Waals surface area contributed by atoms with E-state index in [-0.39, 0.29) is 0 Å². The van der Waals surface area contributed by atoms with Crippen LogP contribution in [0.25, 0.3) is 11.1 Å². The lowest BCUT2D eigenvalue weighted by molar-refractivity contribution is 0.950. The van der Waals surface area contributed by atoms with Crippen LogP contribution >= 0.6 is 0 Å². The van der Waals surface area contributed by atoms with Crippen molar-refractivity contribution in [3.8, 4) is 11.1 Å². The lowest BCUT2D eigenvalue weighted by atomic mass is 9.97. The monoisotopic (exact) mass is 286 g/mol. The highest BCUT2D eigenvalue weighted by Gasteiger charge is 2.21. The van der Waals surface area contributed by atoms with Crippen molar-refractivity contribution >= 4 is 5.69 Å². The highest BCUT2D eigenvalue weighted by molar-refractivity contribution is 5.82. The Balaban J connectivity index is 1.63. The molecule has 0 bridgehead atoms. The van der Waals surface area contributed by atoms with Gasteiger partial charge in [-0.05, 0) is 52.3 Å². The van der Waals surface area contributed by atoms with Crippen molar-refractivity contribution in [3.05, 3.63) is 83.2 Å². The van der Waals surface area contributed by atoms with E-state index in [4.69, 9.17) is 5.73 Å². The smallest absolute Gasteiger partial charge is 0.0388 e. The summed E-state index contributed by atoms with van der Waals surface area (Å²) >= 11 is 0. The number of pyridine rings is 1. The number of nitrogen functional groups attached to an aromatic ring is 1. The van der Waals surface area contributed by atoms with Gasteiger partial charge in [-0.3, -0.25) is 4.98 Å². The number of anilines is 1. The van der Waals surface area contributed by atoms with E-state index in [0.717, 1.165) is 24.9 Å². The summed E-state index contributed by atoms with van der Waals surface area (Å²) in [5.74, 6) is 0. The Hall–Kier alpha value is -2.61. The molecule has 0 aliphatic heterocycles. The minimum absolute atomic E-state index is 0.956. The van der Waals surface area contributed by atoms with E-state index >= 15 is 0 Å². The molecule has 0 atom stereocenters. The second-order valence-electron chi connectivity index (χ2n) is 5.86. The summed E-state index contributed by atoms with van der Waals surface area (Å²) < 4.78 is 0. The third kappa shape index (κ3) is 2.17. The predicted molar refractivity (Wildman–Crippen MR) is 90.7 cm³/mol. The molecule has 22 heavy (non-hydrogen) atoms. The lowest BCUT2D eigenvalue weighted by Crippen LogP contribution is -2.01. The summed E-state index contributed by atoms with van der Waals surface area (Å²) in [6, 6.07) is 17.1. The van der Waals surface area contributed by atoms with Crippen molar-refractivity contribution in [2.75, 3.05) is 5.73 Å². The third-order valence-electron chi connectivity index (χ3n) is 4.53. The number of benzene rings is 2. The summed E-state index contributed by atoms with van der Waals surface area (Å²) in [4.78, 5) is 4.17. The van der Waals surface area contributed by atoms with Gasteiger partial charge in [0.1, 0.15) is 0 Å². The first-order valence-corrected chi connectivity index (χ1v) is 7.70. The van der Waals surface area contributed by atoms with E-state index < -0.39 is 0 Å². The van der Waals surface area contributed by atoms with Crippen LogP contribution in [0.4, 0.5) is 5.69 Å². The van der Waals surface area contributed by atoms with E-state index in [0.29, 0.717) is 0 Å². The van der Waals surface area contributed by atoms with Gasteiger partial charge in [-0.2, -0.15) is 0 Å². The number of aryl methyl sites for hydroxylation is 2. The van der Waals surface area contributed by atoms with Crippen LogP contribution in [0.15, 0.2) is 60.9 Å². The second kappa shape index (κ2) is 5.30. The summed E-state index contributed by atoms with van der Waals surface area (Å²) in [5, 5.41) is 0. The molecule has 0 amide bonds. The van der Waals surface area contributed by atoms with Crippen LogP contribution < -0.4 is 5.73 Å². The highest BCUT2D eigenvalue weighted by atomic mass is 14.6. The molecule has 0 saturated carbocycles. The molecule has 1 aliphatic rings. The summed E-state index contributed by atoms with van der Waals surface area (Å²) in [7, 11) is 0. The van der Waals surface area contributed by atoms with Gasteiger partial charge in [0.2, 0.25) is 0 Å². The van der Waals surface area contributed by atoms with Crippen molar-refractivity contribution in [1.29, 1.82) is 0 Å². The molecule has 4 rings (SSSR count). The molecule has 1 aromatic heterocycles. The van der Waals surface area contributed by atoms with Crippen molar-refractivity contribution in [2.24, 2.45) is 0 Å². The molecular weight excluding hydrogens is 268 g/mol. The molecule has 1 aliphatic carbocycles. The summed E-state index contributed by atoms with van der Waals surface area (Å²) in [5.41, 5.74) is 15.3. The fourth-order valence-corrected chi connectivity index (χ4v) is 3.33. The Morgan fingerprint density at radius 3 is 2.68 bits per heavy atom. The maximum atomic E-state index is 6.46. The van der Waals surface area contributed by atoms with Crippen LogP contribution in [0.2, 0.25) is 0 Å². The average molecular weight is 286 g/mol. The van der Waals surface area contributed by atoms with E-state index in [1.54, 1.807) is 0 Å². The number of nitrogens with two attached hydrogens (primary N) is 1. The SMILES string of the molecule is Nc1c(CCc2cccnc2)ccc2c1Cc1ccccc1-2. The number of rotatable bonds is 3. The first kappa shape index (κ1) is 13.1. The van der Waals surface area contributed by atoms with Crippen molar-refractivity contribution in [2.45, 2.75) is 19.3 Å². The summed E-state index contributed by atoms with van der Waals surface area (Å²) in [6.45, 7) is 0. The van der Waals surface area contributed by atoms with E-state index in [1.165, 1.54) is 33.4 Å². The number of aromatic nitrogens is 1. The zero-order chi connectivity index (χ0) is 14.9. The molecule has 0 spiro atoms. The first-order chi connectivity index (χ1) is 10.8. The van der Waals surface area contributed by atoms with Crippen molar-refractivity contribution < 1.29 is 0 Å². The predicted octanol–water partition coefficient (Wildman–Crippen LogP) is 4.02. The maximum Gasteiger partial charge on any atom is 0.0388 e. The van der Waals surface area contributed by atoms with Gasteiger partial charge >= 0.3 is 0 Å². The second-order valence-corrected chi connectivity index (χ2v) is 5.86. The van der Waals surface area contributed by atoms with Gasteiger partial charge in [0.05, 0.1) is 0 Å². The number of hydrogen-bond donors (Lipinski definition) is 1. The fourth-order valence-electron chi connectivity index (χ4n) is 3.33. The van der Waals surface area contributed by atoms with Gasteiger partial charge in [0.25, 0.3) is 0 Å². The van der Waals surface area contributed by atoms with Crippen LogP contribution in [0, 0.1) is 0 Å². The van der Waals surface area contributed by atoms with E-state index in [2.05, 4.69) is 47.4 Å². The van der Waals surface area contributed by atoms with E-state index in [9.17, 15) is 0 Å². The zero-order valence-electron chi connectivity index (χ0n) is 12.4. The number of nitrogens with zero attached hydrogens (tertiary/aromatic N) is 1. The molecule has 2 N–H and O–H groups in total. The Bertz CT molecular complexity index is 822. The normalized spacial score (nSPS) is 12.0. The fraction of sp³-hybridized carbons (Fsp3) is 0.150. The Morgan fingerprint density at radius 1 is 0.909 bits per heavy atom. The zero-order valence-corrected chi connectivity index (χ0v) is 12.4. The summed E-state index contributed by atoms with van der Waals surface area (Å²) in [6.07, 6.45) is 6.63. The topological polar surface area (TPSA) is 38.9 Å². The maximum absolute atomic E-state index is 6.46. The third-order valence-corrected chi connectivity index (χ3v) is 4.53. The first-order valence-electron chi connectivity index (χ1n) is 7.70. The van der Waals surface area contributed by atoms with Gasteiger partial charge < -0.3 is 5.73 Å². The highest BCUT2D eigenvalue weighted by Crippen LogP contribution is 2.40.